The zero-order valence-electron chi connectivity index (χ0n) is 7.72. The van der Waals surface area contributed by atoms with Gasteiger partial charge in [-0.2, -0.15) is 13.2 Å². The van der Waals surface area contributed by atoms with Crippen molar-refractivity contribution in [3.63, 3.8) is 0 Å². The lowest BCUT2D eigenvalue weighted by molar-refractivity contribution is -0.151. The van der Waals surface area contributed by atoms with Crippen molar-refractivity contribution in [3.05, 3.63) is 42.8 Å². The molecule has 0 heterocycles. The lowest BCUT2D eigenvalue weighted by Gasteiger charge is -2.19. The van der Waals surface area contributed by atoms with Crippen LogP contribution < -0.4 is 0 Å². The first kappa shape index (κ1) is 11.1. The molecule has 0 aliphatic heterocycles. The minimum Gasteiger partial charge on any atom is -0.170 e. The van der Waals surface area contributed by atoms with E-state index in [4.69, 9.17) is 0 Å². The smallest absolute Gasteiger partial charge is 0.170 e. The van der Waals surface area contributed by atoms with Crippen LogP contribution in [-0.4, -0.2) is 6.18 Å². The molecule has 0 aliphatic carbocycles. The number of benzene rings is 1. The van der Waals surface area contributed by atoms with E-state index in [1.165, 1.54) is 12.1 Å². The third-order valence-electron chi connectivity index (χ3n) is 2.09. The van der Waals surface area contributed by atoms with Crippen molar-refractivity contribution in [3.8, 4) is 0 Å². The Morgan fingerprint density at radius 2 is 1.71 bits per heavy atom. The summed E-state index contributed by atoms with van der Waals surface area (Å²) in [5.74, 6) is -1.37. The summed E-state index contributed by atoms with van der Waals surface area (Å²) in [4.78, 5) is 0. The highest BCUT2D eigenvalue weighted by Gasteiger charge is 2.39. The van der Waals surface area contributed by atoms with Gasteiger partial charge in [0.25, 0.3) is 0 Å². The van der Waals surface area contributed by atoms with E-state index in [1.54, 1.807) is 18.2 Å². The van der Waals surface area contributed by atoms with Gasteiger partial charge in [0.05, 0.1) is 5.92 Å². The summed E-state index contributed by atoms with van der Waals surface area (Å²) >= 11 is 0. The second kappa shape index (κ2) is 4.49. The number of alkyl halides is 3. The Morgan fingerprint density at radius 1 is 1.14 bits per heavy atom. The monoisotopic (exact) mass is 201 g/mol. The molecular weight excluding hydrogens is 189 g/mol. The summed E-state index contributed by atoms with van der Waals surface area (Å²) < 4.78 is 37.7. The fourth-order valence-electron chi connectivity index (χ4n) is 1.41. The van der Waals surface area contributed by atoms with Crippen LogP contribution in [0.4, 0.5) is 13.2 Å². The van der Waals surface area contributed by atoms with Crippen molar-refractivity contribution in [1.29, 1.82) is 0 Å². The Bertz CT molecular complexity index is 264. The van der Waals surface area contributed by atoms with Gasteiger partial charge >= 0.3 is 6.18 Å². The zero-order valence-corrected chi connectivity index (χ0v) is 7.72. The average Bonchev–Trinajstić information content (AvgIpc) is 2.14. The van der Waals surface area contributed by atoms with E-state index in [2.05, 4.69) is 6.92 Å². The summed E-state index contributed by atoms with van der Waals surface area (Å²) in [6.07, 6.45) is -3.83. The first-order valence-corrected chi connectivity index (χ1v) is 4.46. The lowest BCUT2D eigenvalue weighted by Crippen LogP contribution is -2.20. The van der Waals surface area contributed by atoms with Gasteiger partial charge in [0.2, 0.25) is 0 Å². The van der Waals surface area contributed by atoms with Crippen molar-refractivity contribution in [1.82, 2.24) is 0 Å². The zero-order chi connectivity index (χ0) is 10.6. The predicted octanol–water partition coefficient (Wildman–Crippen LogP) is 3.95. The maximum Gasteiger partial charge on any atom is 0.395 e. The van der Waals surface area contributed by atoms with Crippen LogP contribution in [0.3, 0.4) is 0 Å². The molecule has 1 aromatic rings. The van der Waals surface area contributed by atoms with Crippen LogP contribution in [0.15, 0.2) is 30.3 Å². The van der Waals surface area contributed by atoms with E-state index in [9.17, 15) is 13.2 Å². The van der Waals surface area contributed by atoms with Crippen molar-refractivity contribution in [2.45, 2.75) is 24.9 Å². The van der Waals surface area contributed by atoms with Gasteiger partial charge in [-0.25, -0.2) is 0 Å². The summed E-state index contributed by atoms with van der Waals surface area (Å²) in [7, 11) is 0. The molecule has 14 heavy (non-hydrogen) atoms. The van der Waals surface area contributed by atoms with Gasteiger partial charge in [0, 0.05) is 0 Å². The van der Waals surface area contributed by atoms with E-state index in [1.807, 2.05) is 0 Å². The molecule has 1 unspecified atom stereocenters. The fraction of sp³-hybridized carbons (Fsp3) is 0.364. The number of rotatable bonds is 3. The minimum atomic E-state index is -4.17. The Labute approximate surface area is 81.8 Å². The Morgan fingerprint density at radius 3 is 2.14 bits per heavy atom. The highest BCUT2D eigenvalue weighted by molar-refractivity contribution is 5.20. The van der Waals surface area contributed by atoms with E-state index >= 15 is 0 Å². The maximum atomic E-state index is 12.6. The first-order chi connectivity index (χ1) is 6.55. The molecule has 0 saturated heterocycles. The van der Waals surface area contributed by atoms with Crippen LogP contribution in [0, 0.1) is 6.92 Å². The van der Waals surface area contributed by atoms with Crippen molar-refractivity contribution < 1.29 is 13.2 Å². The maximum absolute atomic E-state index is 12.6. The normalized spacial score (nSPS) is 14.0. The molecule has 1 rings (SSSR count). The number of halogens is 3. The first-order valence-electron chi connectivity index (χ1n) is 4.46. The highest BCUT2D eigenvalue weighted by Crippen LogP contribution is 2.37. The van der Waals surface area contributed by atoms with Crippen LogP contribution >= 0.6 is 0 Å². The molecule has 77 valence electrons. The van der Waals surface area contributed by atoms with Crippen molar-refractivity contribution in [2.24, 2.45) is 0 Å². The summed E-state index contributed by atoms with van der Waals surface area (Å²) in [5.41, 5.74) is 0.323. The molecule has 0 bridgehead atoms. The van der Waals surface area contributed by atoms with Crippen LogP contribution in [0.5, 0.6) is 0 Å². The summed E-state index contributed by atoms with van der Waals surface area (Å²) in [6, 6.07) is 7.97. The van der Waals surface area contributed by atoms with Gasteiger partial charge in [-0.15, -0.1) is 0 Å². The predicted molar refractivity (Wildman–Crippen MR) is 49.8 cm³/mol. The molecule has 0 nitrogen and oxygen atoms in total. The second-order valence-corrected chi connectivity index (χ2v) is 3.15. The molecule has 1 radical (unpaired) electrons. The largest absolute Gasteiger partial charge is 0.395 e. The molecule has 0 amide bonds. The van der Waals surface area contributed by atoms with Crippen LogP contribution in [0.2, 0.25) is 0 Å². The third-order valence-corrected chi connectivity index (χ3v) is 2.09. The van der Waals surface area contributed by atoms with E-state index in [-0.39, 0.29) is 6.42 Å². The number of hydrogen-bond acceptors (Lipinski definition) is 0. The molecule has 0 N–H and O–H groups in total. The standard InChI is InChI=1S/C11H12F3/c1-2-6-10(11(12,13)14)9-7-4-3-5-8-9/h3-5,7-8,10H,1-2,6H2. The van der Waals surface area contributed by atoms with E-state index in [0.717, 1.165) is 0 Å². The molecule has 0 saturated carbocycles. The molecule has 0 aliphatic rings. The van der Waals surface area contributed by atoms with Gasteiger partial charge in [0.15, 0.2) is 0 Å². The SMILES string of the molecule is [CH2]CCC(c1ccccc1)C(F)(F)F. The van der Waals surface area contributed by atoms with E-state index < -0.39 is 12.1 Å². The molecule has 1 aromatic carbocycles. The lowest BCUT2D eigenvalue weighted by atomic mass is 9.94. The topological polar surface area (TPSA) is 0 Å². The minimum absolute atomic E-state index is 0.0491. The molecule has 3 heteroatoms. The third kappa shape index (κ3) is 2.76. The highest BCUT2D eigenvalue weighted by atomic mass is 19.4. The van der Waals surface area contributed by atoms with Crippen molar-refractivity contribution in [2.75, 3.05) is 0 Å². The van der Waals surface area contributed by atoms with Crippen molar-refractivity contribution >= 4 is 0 Å². The molecule has 0 fully saturated rings. The van der Waals surface area contributed by atoms with Crippen LogP contribution in [0.25, 0.3) is 0 Å². The Kier molecular flexibility index (Phi) is 3.55. The van der Waals surface area contributed by atoms with Crippen LogP contribution in [0.1, 0.15) is 24.3 Å². The van der Waals surface area contributed by atoms with Gasteiger partial charge in [0.1, 0.15) is 0 Å². The molecule has 0 spiro atoms. The average molecular weight is 201 g/mol. The number of hydrogen-bond donors (Lipinski definition) is 0. The Hall–Kier alpha value is -0.990. The Balaban J connectivity index is 2.89. The quantitative estimate of drug-likeness (QED) is 0.694. The summed E-state index contributed by atoms with van der Waals surface area (Å²) in [5, 5.41) is 0. The molecule has 0 aromatic heterocycles. The van der Waals surface area contributed by atoms with E-state index in [0.29, 0.717) is 12.0 Å². The van der Waals surface area contributed by atoms with Gasteiger partial charge in [-0.3, -0.25) is 0 Å². The summed E-state index contributed by atoms with van der Waals surface area (Å²) in [6.45, 7) is 3.46. The van der Waals surface area contributed by atoms with Gasteiger partial charge in [-0.1, -0.05) is 43.7 Å². The second-order valence-electron chi connectivity index (χ2n) is 3.15. The fourth-order valence-corrected chi connectivity index (χ4v) is 1.41. The van der Waals surface area contributed by atoms with Crippen LogP contribution in [-0.2, 0) is 0 Å². The van der Waals surface area contributed by atoms with Gasteiger partial charge < -0.3 is 0 Å². The molecule has 1 atom stereocenters. The molecular formula is C11H12F3. The van der Waals surface area contributed by atoms with Gasteiger partial charge in [-0.05, 0) is 12.0 Å².